The lowest BCUT2D eigenvalue weighted by Crippen LogP contribution is -2.04. The minimum atomic E-state index is -0.731. The molecule has 74 valence electrons. The number of halogens is 1. The summed E-state index contributed by atoms with van der Waals surface area (Å²) in [6, 6.07) is 3.62. The number of nitrogens with zero attached hydrogens (tertiary/aromatic N) is 1. The van der Waals surface area contributed by atoms with Crippen molar-refractivity contribution in [1.82, 2.24) is 4.98 Å². The van der Waals surface area contributed by atoms with E-state index in [-0.39, 0.29) is 0 Å². The maximum absolute atomic E-state index is 9.84. The summed E-state index contributed by atoms with van der Waals surface area (Å²) in [6.07, 6.45) is 3.69. The fourth-order valence-electron chi connectivity index (χ4n) is 1.32. The van der Waals surface area contributed by atoms with Crippen molar-refractivity contribution in [2.45, 2.75) is 12.5 Å². The van der Waals surface area contributed by atoms with Crippen LogP contribution >= 0.6 is 15.9 Å². The minimum absolute atomic E-state index is 0.611. The van der Waals surface area contributed by atoms with Gasteiger partial charge in [-0.25, -0.2) is 0 Å². The average molecular weight is 256 g/mol. The van der Waals surface area contributed by atoms with Gasteiger partial charge in [-0.15, -0.1) is 0 Å². The lowest BCUT2D eigenvalue weighted by Gasteiger charge is -2.11. The Morgan fingerprint density at radius 3 is 2.93 bits per heavy atom. The molecule has 3 nitrogen and oxygen atoms in total. The molecule has 0 saturated heterocycles. The van der Waals surface area contributed by atoms with Crippen LogP contribution < -0.4 is 0 Å². The van der Waals surface area contributed by atoms with E-state index in [1.54, 1.807) is 12.3 Å². The van der Waals surface area contributed by atoms with Gasteiger partial charge < -0.3 is 9.84 Å². The molecule has 2 heterocycles. The summed E-state index contributed by atoms with van der Waals surface area (Å²) in [4.78, 5) is 4.11. The summed E-state index contributed by atoms with van der Waals surface area (Å²) >= 11 is 3.29. The van der Waals surface area contributed by atoms with Crippen LogP contribution in [0.1, 0.15) is 18.2 Å². The monoisotopic (exact) mass is 255 g/mol. The number of aromatic nitrogens is 1. The van der Waals surface area contributed by atoms with Gasteiger partial charge in [0.2, 0.25) is 0 Å². The van der Waals surface area contributed by atoms with Crippen LogP contribution in [-0.2, 0) is 4.74 Å². The van der Waals surface area contributed by atoms with E-state index in [9.17, 15) is 5.11 Å². The number of ether oxygens (including phenoxy) is 1. The molecule has 4 heteroatoms. The molecule has 1 aromatic rings. The molecule has 0 fully saturated rings. The van der Waals surface area contributed by atoms with Crippen molar-refractivity contribution in [2.75, 3.05) is 6.61 Å². The molecule has 1 aliphatic rings. The number of aliphatic hydroxyl groups excluding tert-OH is 1. The first kappa shape index (κ1) is 9.68. The molecule has 0 spiro atoms. The summed E-state index contributed by atoms with van der Waals surface area (Å²) in [7, 11) is 0. The number of hydrogen-bond donors (Lipinski definition) is 1. The van der Waals surface area contributed by atoms with Gasteiger partial charge in [-0.05, 0) is 34.1 Å². The molecule has 1 atom stereocenters. The molecule has 0 aromatic carbocycles. The van der Waals surface area contributed by atoms with E-state index in [1.807, 2.05) is 12.1 Å². The van der Waals surface area contributed by atoms with Crippen molar-refractivity contribution in [3.63, 3.8) is 0 Å². The van der Waals surface area contributed by atoms with Gasteiger partial charge >= 0.3 is 0 Å². The van der Waals surface area contributed by atoms with E-state index in [0.29, 0.717) is 18.1 Å². The van der Waals surface area contributed by atoms with Crippen molar-refractivity contribution < 1.29 is 9.84 Å². The zero-order valence-electron chi connectivity index (χ0n) is 7.48. The molecule has 1 unspecified atom stereocenters. The van der Waals surface area contributed by atoms with Crippen molar-refractivity contribution in [3.05, 3.63) is 40.3 Å². The van der Waals surface area contributed by atoms with Crippen LogP contribution in [0, 0.1) is 0 Å². The van der Waals surface area contributed by atoms with Crippen LogP contribution in [-0.4, -0.2) is 16.7 Å². The van der Waals surface area contributed by atoms with Gasteiger partial charge in [-0.1, -0.05) is 0 Å². The van der Waals surface area contributed by atoms with Crippen LogP contribution in [0.15, 0.2) is 34.6 Å². The van der Waals surface area contributed by atoms with E-state index in [4.69, 9.17) is 4.74 Å². The summed E-state index contributed by atoms with van der Waals surface area (Å²) < 4.78 is 6.16. The maximum Gasteiger partial charge on any atom is 0.152 e. The average Bonchev–Trinajstić information content (AvgIpc) is 2.71. The second-order valence-electron chi connectivity index (χ2n) is 3.05. The van der Waals surface area contributed by atoms with Crippen LogP contribution in [0.5, 0.6) is 0 Å². The fourth-order valence-corrected chi connectivity index (χ4v) is 1.56. The largest absolute Gasteiger partial charge is 0.495 e. The second-order valence-corrected chi connectivity index (χ2v) is 3.96. The lowest BCUT2D eigenvalue weighted by atomic mass is 10.2. The second kappa shape index (κ2) is 4.11. The first-order chi connectivity index (χ1) is 6.77. The molecule has 14 heavy (non-hydrogen) atoms. The smallest absolute Gasteiger partial charge is 0.152 e. The topological polar surface area (TPSA) is 42.4 Å². The standard InChI is InChI=1S/C10H10BrNO2/c11-7-3-4-8(12-6-7)10(13)9-2-1-5-14-9/h2-4,6,10,13H,1,5H2. The van der Waals surface area contributed by atoms with Crippen molar-refractivity contribution in [3.8, 4) is 0 Å². The first-order valence-electron chi connectivity index (χ1n) is 4.40. The molecule has 0 amide bonds. The Morgan fingerprint density at radius 2 is 2.36 bits per heavy atom. The highest BCUT2D eigenvalue weighted by atomic mass is 79.9. The minimum Gasteiger partial charge on any atom is -0.495 e. The highest BCUT2D eigenvalue weighted by Crippen LogP contribution is 2.25. The molecule has 2 rings (SSSR count). The zero-order valence-corrected chi connectivity index (χ0v) is 9.07. The molecule has 0 saturated carbocycles. The van der Waals surface area contributed by atoms with Crippen LogP contribution in [0.3, 0.4) is 0 Å². The molecule has 0 bridgehead atoms. The Bertz CT molecular complexity index is 348. The quantitative estimate of drug-likeness (QED) is 0.881. The predicted molar refractivity (Wildman–Crippen MR) is 55.5 cm³/mol. The third-order valence-electron chi connectivity index (χ3n) is 2.03. The molecule has 1 aliphatic heterocycles. The third kappa shape index (κ3) is 1.96. The summed E-state index contributed by atoms with van der Waals surface area (Å²) in [5, 5.41) is 9.84. The summed E-state index contributed by atoms with van der Waals surface area (Å²) in [6.45, 7) is 0.656. The van der Waals surface area contributed by atoms with E-state index >= 15 is 0 Å². The fraction of sp³-hybridized carbons (Fsp3) is 0.300. The number of pyridine rings is 1. The van der Waals surface area contributed by atoms with Crippen molar-refractivity contribution in [2.24, 2.45) is 0 Å². The molecule has 1 aromatic heterocycles. The predicted octanol–water partition coefficient (Wildman–Crippen LogP) is 2.18. The van der Waals surface area contributed by atoms with Gasteiger partial charge in [0.15, 0.2) is 6.10 Å². The van der Waals surface area contributed by atoms with Gasteiger partial charge in [0.1, 0.15) is 5.76 Å². The van der Waals surface area contributed by atoms with Crippen LogP contribution in [0.25, 0.3) is 0 Å². The van der Waals surface area contributed by atoms with E-state index < -0.39 is 6.10 Å². The van der Waals surface area contributed by atoms with E-state index in [2.05, 4.69) is 20.9 Å². The normalized spacial score (nSPS) is 17.4. The highest BCUT2D eigenvalue weighted by molar-refractivity contribution is 9.10. The molecule has 1 N–H and O–H groups in total. The van der Waals surface area contributed by atoms with Gasteiger partial charge in [0, 0.05) is 17.1 Å². The summed E-state index contributed by atoms with van der Waals surface area (Å²) in [5.74, 6) is 0.611. The molecular weight excluding hydrogens is 246 g/mol. The Labute approximate surface area is 90.6 Å². The SMILES string of the molecule is OC(C1=CCCO1)c1ccc(Br)cn1. The maximum atomic E-state index is 9.84. The molecule has 0 radical (unpaired) electrons. The zero-order chi connectivity index (χ0) is 9.97. The number of rotatable bonds is 2. The van der Waals surface area contributed by atoms with Gasteiger partial charge in [-0.3, -0.25) is 4.98 Å². The number of aliphatic hydroxyl groups is 1. The Balaban J connectivity index is 2.18. The lowest BCUT2D eigenvalue weighted by molar-refractivity contribution is 0.116. The van der Waals surface area contributed by atoms with Crippen LogP contribution in [0.4, 0.5) is 0 Å². The Morgan fingerprint density at radius 1 is 1.50 bits per heavy atom. The number of hydrogen-bond acceptors (Lipinski definition) is 3. The van der Waals surface area contributed by atoms with E-state index in [0.717, 1.165) is 10.9 Å². The molecular formula is C10H10BrNO2. The van der Waals surface area contributed by atoms with Crippen molar-refractivity contribution in [1.29, 1.82) is 0 Å². The third-order valence-corrected chi connectivity index (χ3v) is 2.50. The van der Waals surface area contributed by atoms with Crippen LogP contribution in [0.2, 0.25) is 0 Å². The highest BCUT2D eigenvalue weighted by Gasteiger charge is 2.18. The van der Waals surface area contributed by atoms with Gasteiger partial charge in [0.25, 0.3) is 0 Å². The first-order valence-corrected chi connectivity index (χ1v) is 5.19. The Hall–Kier alpha value is -0.870. The van der Waals surface area contributed by atoms with Gasteiger partial charge in [0.05, 0.1) is 12.3 Å². The van der Waals surface area contributed by atoms with Crippen molar-refractivity contribution >= 4 is 15.9 Å². The Kier molecular flexibility index (Phi) is 2.84. The van der Waals surface area contributed by atoms with Gasteiger partial charge in [-0.2, -0.15) is 0 Å². The molecule has 0 aliphatic carbocycles. The summed E-state index contributed by atoms with van der Waals surface area (Å²) in [5.41, 5.74) is 0.612. The van der Waals surface area contributed by atoms with E-state index in [1.165, 1.54) is 0 Å².